The fourth-order valence-corrected chi connectivity index (χ4v) is 6.87. The first-order chi connectivity index (χ1) is 24.4. The number of aliphatic hydroxyl groups excluding tert-OH is 2. The van der Waals surface area contributed by atoms with Crippen LogP contribution in [0.4, 0.5) is 19.0 Å². The molecule has 10 atom stereocenters. The number of nitrogens with two attached hydrogens (primary N) is 1. The summed E-state index contributed by atoms with van der Waals surface area (Å²) >= 11 is 0. The molecule has 5 rings (SSSR count). The molecule has 3 aromatic heterocycles. The van der Waals surface area contributed by atoms with Gasteiger partial charge in [0.2, 0.25) is 0 Å². The van der Waals surface area contributed by atoms with Crippen LogP contribution in [0, 0.1) is 11.3 Å². The van der Waals surface area contributed by atoms with E-state index in [4.69, 9.17) is 38.6 Å². The van der Waals surface area contributed by atoms with Gasteiger partial charge < -0.3 is 35.2 Å². The number of anilines is 1. The minimum atomic E-state index is -5.57. The van der Waals surface area contributed by atoms with Crippen molar-refractivity contribution in [2.24, 2.45) is 0 Å². The summed E-state index contributed by atoms with van der Waals surface area (Å²) in [6, 6.07) is 2.69. The van der Waals surface area contributed by atoms with E-state index in [1.807, 2.05) is 4.98 Å². The largest absolute Gasteiger partial charge is 0.523 e. The van der Waals surface area contributed by atoms with E-state index >= 15 is 0 Å². The van der Waals surface area contributed by atoms with Crippen LogP contribution in [-0.4, -0.2) is 112 Å². The SMILES string of the molecule is N#CCCCOP(=O)(O)OC[C@H]1O[C@@H](n2cnc3c(N)ncnc32)C(OC(F)(F)F)C1OP(=O)(O)OC[C@H]1O[C@@H](n2ccc(=O)[nH]c2=O)C(O)C1O. The van der Waals surface area contributed by atoms with E-state index in [2.05, 4.69) is 19.7 Å². The predicted octanol–water partition coefficient (Wildman–Crippen LogP) is -0.680. The summed E-state index contributed by atoms with van der Waals surface area (Å²) in [6.45, 7) is -2.63. The van der Waals surface area contributed by atoms with Crippen LogP contribution in [0.15, 0.2) is 34.5 Å². The van der Waals surface area contributed by atoms with Crippen LogP contribution < -0.4 is 17.0 Å². The summed E-state index contributed by atoms with van der Waals surface area (Å²) in [7, 11) is -10.5. The normalized spacial score (nSPS) is 28.8. The number of unbranched alkanes of at least 4 members (excludes halogenated alkanes) is 1. The van der Waals surface area contributed by atoms with Crippen LogP contribution in [0.2, 0.25) is 0 Å². The standard InChI is InChI=1S/C24H29F3N8O15P2/c25-24(26,27)49-18-17(50-52(42,43)46-7-11-15(37)16(38)21(47-11)34-5-3-13(36)33-23(34)39)12(8-45-51(40,41)44-6-2-1-4-28)48-22(18)35-10-32-14-19(29)30-9-31-20(14)35/h3,5,9-12,15-18,21-22,37-38H,1-2,6-8H2,(H,40,41)(H,42,43)(H2,29,30,31)(H,33,36,39)/t11-,12-,15?,16?,17?,18?,21-,22-/m1/s1. The lowest BCUT2D eigenvalue weighted by Crippen LogP contribution is -2.41. The fraction of sp³-hybridized carbons (Fsp3) is 0.583. The molecule has 2 fully saturated rings. The Bertz CT molecular complexity index is 1990. The van der Waals surface area contributed by atoms with Crippen LogP contribution in [-0.2, 0) is 41.4 Å². The highest BCUT2D eigenvalue weighted by molar-refractivity contribution is 7.47. The summed E-state index contributed by atoms with van der Waals surface area (Å²) in [6.07, 6.45) is -18.3. The summed E-state index contributed by atoms with van der Waals surface area (Å²) in [4.78, 5) is 57.8. The van der Waals surface area contributed by atoms with Crippen LogP contribution in [0.5, 0.6) is 0 Å². The van der Waals surface area contributed by atoms with Gasteiger partial charge >= 0.3 is 27.7 Å². The van der Waals surface area contributed by atoms with E-state index in [9.17, 15) is 51.9 Å². The molecule has 0 spiro atoms. The van der Waals surface area contributed by atoms with Gasteiger partial charge in [-0.1, -0.05) is 0 Å². The lowest BCUT2D eigenvalue weighted by molar-refractivity contribution is -0.355. The monoisotopic (exact) mass is 788 g/mol. The fourth-order valence-electron chi connectivity index (χ4n) is 5.14. The molecule has 286 valence electrons. The molecule has 7 N–H and O–H groups in total. The highest BCUT2D eigenvalue weighted by atomic mass is 31.2. The summed E-state index contributed by atoms with van der Waals surface area (Å²) in [5, 5.41) is 29.5. The van der Waals surface area contributed by atoms with E-state index in [-0.39, 0.29) is 29.8 Å². The Morgan fingerprint density at radius 2 is 1.67 bits per heavy atom. The summed E-state index contributed by atoms with van der Waals surface area (Å²) in [5.41, 5.74) is 3.68. The number of alkyl halides is 3. The first-order valence-corrected chi connectivity index (χ1v) is 17.7. The molecule has 0 aromatic carbocycles. The molecule has 52 heavy (non-hydrogen) atoms. The van der Waals surface area contributed by atoms with Crippen LogP contribution in [0.25, 0.3) is 11.2 Å². The van der Waals surface area contributed by atoms with Crippen molar-refractivity contribution in [3.8, 4) is 6.07 Å². The number of rotatable bonds is 15. The van der Waals surface area contributed by atoms with Gasteiger partial charge in [-0.2, -0.15) is 5.26 Å². The molecular formula is C24H29F3N8O15P2. The number of halogens is 3. The highest BCUT2D eigenvalue weighted by Gasteiger charge is 2.55. The van der Waals surface area contributed by atoms with Gasteiger partial charge in [0.05, 0.1) is 32.2 Å². The molecule has 5 heterocycles. The number of fused-ring (bicyclic) bond motifs is 1. The number of nitriles is 1. The molecule has 0 amide bonds. The Morgan fingerprint density at radius 3 is 2.37 bits per heavy atom. The van der Waals surface area contributed by atoms with Crippen LogP contribution in [0.1, 0.15) is 25.3 Å². The Balaban J connectivity index is 1.39. The Morgan fingerprint density at radius 1 is 0.981 bits per heavy atom. The lowest BCUT2D eigenvalue weighted by atomic mass is 10.1. The topological polar surface area (TPSA) is 328 Å². The number of aliphatic hydroxyl groups is 2. The molecule has 2 saturated heterocycles. The van der Waals surface area contributed by atoms with Crippen LogP contribution >= 0.6 is 15.6 Å². The Kier molecular flexibility index (Phi) is 12.0. The zero-order valence-electron chi connectivity index (χ0n) is 26.0. The Hall–Kier alpha value is -3.67. The third-order valence-corrected chi connectivity index (χ3v) is 9.39. The molecule has 0 aliphatic carbocycles. The number of phosphoric ester groups is 2. The third kappa shape index (κ3) is 9.27. The third-order valence-electron chi connectivity index (χ3n) is 7.43. The molecule has 3 aromatic rings. The quantitative estimate of drug-likeness (QED) is 0.0820. The van der Waals surface area contributed by atoms with Gasteiger partial charge in [-0.25, -0.2) is 28.9 Å². The van der Waals surface area contributed by atoms with Gasteiger partial charge in [0.25, 0.3) is 5.56 Å². The number of hydrogen-bond acceptors (Lipinski definition) is 18. The van der Waals surface area contributed by atoms with Crippen molar-refractivity contribution >= 4 is 32.6 Å². The van der Waals surface area contributed by atoms with Gasteiger partial charge in [0.1, 0.15) is 48.5 Å². The molecule has 0 radical (unpaired) electrons. The van der Waals surface area contributed by atoms with Gasteiger partial charge in [-0.3, -0.25) is 41.7 Å². The van der Waals surface area contributed by atoms with E-state index < -0.39 is 102 Å². The number of aromatic amines is 1. The predicted molar refractivity (Wildman–Crippen MR) is 159 cm³/mol. The molecule has 0 bridgehead atoms. The van der Waals surface area contributed by atoms with Gasteiger partial charge in [-0.05, 0) is 6.42 Å². The number of ether oxygens (including phenoxy) is 3. The van der Waals surface area contributed by atoms with Gasteiger partial charge in [-0.15, -0.1) is 13.2 Å². The van der Waals surface area contributed by atoms with E-state index in [0.717, 1.165) is 29.5 Å². The molecule has 2 aliphatic rings. The van der Waals surface area contributed by atoms with Crippen molar-refractivity contribution in [1.29, 1.82) is 5.26 Å². The van der Waals surface area contributed by atoms with Crippen molar-refractivity contribution in [3.05, 3.63) is 45.8 Å². The second-order valence-corrected chi connectivity index (χ2v) is 13.8. The van der Waals surface area contributed by atoms with Crippen molar-refractivity contribution in [2.75, 3.05) is 25.6 Å². The molecular weight excluding hydrogens is 759 g/mol. The number of H-pyrrole nitrogens is 1. The number of phosphoric acid groups is 2. The smallest absolute Gasteiger partial charge is 0.387 e. The highest BCUT2D eigenvalue weighted by Crippen LogP contribution is 2.52. The number of hydrogen-bond donors (Lipinski definition) is 6. The maximum atomic E-state index is 13.8. The van der Waals surface area contributed by atoms with Gasteiger partial charge in [0.15, 0.2) is 23.9 Å². The minimum absolute atomic E-state index is 0.0160. The maximum absolute atomic E-state index is 13.8. The van der Waals surface area contributed by atoms with Crippen LogP contribution in [0.3, 0.4) is 0 Å². The van der Waals surface area contributed by atoms with Crippen molar-refractivity contribution in [1.82, 2.24) is 29.1 Å². The van der Waals surface area contributed by atoms with Gasteiger partial charge in [0, 0.05) is 18.7 Å². The second kappa shape index (κ2) is 15.7. The summed E-state index contributed by atoms with van der Waals surface area (Å²) in [5.74, 6) is -0.181. The van der Waals surface area contributed by atoms with E-state index in [1.54, 1.807) is 6.07 Å². The molecule has 23 nitrogen and oxygen atoms in total. The number of nitrogen functional groups attached to an aromatic ring is 1. The number of imidazole rings is 1. The maximum Gasteiger partial charge on any atom is 0.523 e. The molecule has 28 heteroatoms. The average molecular weight is 788 g/mol. The zero-order chi connectivity index (χ0) is 38.0. The molecule has 6 unspecified atom stereocenters. The summed E-state index contributed by atoms with van der Waals surface area (Å²) < 4.78 is 104. The molecule has 2 aliphatic heterocycles. The van der Waals surface area contributed by atoms with Crippen molar-refractivity contribution in [3.63, 3.8) is 0 Å². The second-order valence-electron chi connectivity index (χ2n) is 10.9. The number of nitrogens with one attached hydrogen (secondary N) is 1. The zero-order valence-corrected chi connectivity index (χ0v) is 27.8. The van der Waals surface area contributed by atoms with E-state index in [0.29, 0.717) is 4.57 Å². The average Bonchev–Trinajstić information content (AvgIpc) is 3.71. The minimum Gasteiger partial charge on any atom is -0.387 e. The first kappa shape index (κ1) is 39.5. The van der Waals surface area contributed by atoms with Crippen molar-refractivity contribution < 1.29 is 74.6 Å². The van der Waals surface area contributed by atoms with Crippen molar-refractivity contribution in [2.45, 2.75) is 68.3 Å². The lowest BCUT2D eigenvalue weighted by Gasteiger charge is -2.27. The van der Waals surface area contributed by atoms with E-state index in [1.165, 1.54) is 0 Å². The Labute approximate surface area is 287 Å². The number of nitrogens with zero attached hydrogens (tertiary/aromatic N) is 6. The number of aromatic nitrogens is 6. The first-order valence-electron chi connectivity index (χ1n) is 14.7. The molecule has 0 saturated carbocycles.